The third-order valence-electron chi connectivity index (χ3n) is 4.53. The number of ether oxygens (including phenoxy) is 1. The third-order valence-corrected chi connectivity index (χ3v) is 5.66. The van der Waals surface area contributed by atoms with Crippen LogP contribution < -0.4 is 15.4 Å². The summed E-state index contributed by atoms with van der Waals surface area (Å²) in [6.45, 7) is 0. The van der Waals surface area contributed by atoms with Gasteiger partial charge in [-0.2, -0.15) is 0 Å². The third kappa shape index (κ3) is 4.97. The van der Waals surface area contributed by atoms with Gasteiger partial charge in [0.25, 0.3) is 5.91 Å². The molecule has 2 N–H and O–H groups in total. The van der Waals surface area contributed by atoms with Crippen LogP contribution in [0.3, 0.4) is 0 Å². The zero-order chi connectivity index (χ0) is 23.7. The number of hydrogen-bond acceptors (Lipinski definition) is 5. The molecule has 0 bridgehead atoms. The highest BCUT2D eigenvalue weighted by molar-refractivity contribution is 9.10. The van der Waals surface area contributed by atoms with E-state index in [1.807, 2.05) is 0 Å². The van der Waals surface area contributed by atoms with Gasteiger partial charge in [-0.15, -0.1) is 0 Å². The van der Waals surface area contributed by atoms with Crippen LogP contribution >= 0.6 is 39.7 Å². The van der Waals surface area contributed by atoms with Crippen molar-refractivity contribution >= 4 is 67.6 Å². The molecule has 1 aromatic heterocycles. The number of nitrogens with zero attached hydrogens (tertiary/aromatic N) is 1. The zero-order valence-electron chi connectivity index (χ0n) is 16.7. The molecule has 3 aromatic carbocycles. The highest BCUT2D eigenvalue weighted by atomic mass is 79.9. The summed E-state index contributed by atoms with van der Waals surface area (Å²) in [6, 6.07) is 11.6. The fourth-order valence-electron chi connectivity index (χ4n) is 2.95. The summed E-state index contributed by atoms with van der Waals surface area (Å²) >= 11 is 14.6. The van der Waals surface area contributed by atoms with Gasteiger partial charge in [-0.1, -0.05) is 11.6 Å². The molecule has 4 rings (SSSR count). The first-order chi connectivity index (χ1) is 15.7. The Bertz CT molecular complexity index is 1410. The summed E-state index contributed by atoms with van der Waals surface area (Å²) in [5, 5.41) is 5.52. The summed E-state index contributed by atoms with van der Waals surface area (Å²) in [5.41, 5.74) is 1.85. The zero-order valence-corrected chi connectivity index (χ0v) is 19.9. The fraction of sp³-hybridized carbons (Fsp3) is 0.0455. The molecule has 6 nitrogen and oxygen atoms in total. The van der Waals surface area contributed by atoms with Crippen LogP contribution in [0.25, 0.3) is 22.6 Å². The Kier molecular flexibility index (Phi) is 6.59. The molecule has 0 aliphatic rings. The van der Waals surface area contributed by atoms with Gasteiger partial charge in [0.15, 0.2) is 22.3 Å². The number of nitrogens with one attached hydrogen (secondary N) is 2. The standard InChI is InChI=1S/C22H13BrClF2N3O3S/c1-31-18-4-2-10(6-13(18)23)20(30)29-22(33)27-11-3-5-19-17(7-11)28-21(32-19)12-8-15(25)16(26)9-14(12)24/h2-9H,1H3,(H2,27,29,30,33). The summed E-state index contributed by atoms with van der Waals surface area (Å²) in [6.07, 6.45) is 0. The van der Waals surface area contributed by atoms with Gasteiger partial charge < -0.3 is 14.5 Å². The van der Waals surface area contributed by atoms with E-state index in [0.717, 1.165) is 12.1 Å². The number of oxazole rings is 1. The van der Waals surface area contributed by atoms with Crippen LogP contribution in [-0.2, 0) is 0 Å². The van der Waals surface area contributed by atoms with Crippen molar-refractivity contribution in [2.45, 2.75) is 0 Å². The number of halogens is 4. The first-order valence-corrected chi connectivity index (χ1v) is 10.8. The number of carbonyl (C=O) groups excluding carboxylic acids is 1. The van der Waals surface area contributed by atoms with Gasteiger partial charge in [0, 0.05) is 11.3 Å². The maximum absolute atomic E-state index is 13.6. The number of hydrogen-bond donors (Lipinski definition) is 2. The second-order valence-electron chi connectivity index (χ2n) is 6.71. The second kappa shape index (κ2) is 9.42. The lowest BCUT2D eigenvalue weighted by molar-refractivity contribution is 0.0977. The Morgan fingerprint density at radius 2 is 1.91 bits per heavy atom. The summed E-state index contributed by atoms with van der Waals surface area (Å²) in [5.74, 6) is -1.91. The number of fused-ring (bicyclic) bond motifs is 1. The molecule has 0 fully saturated rings. The minimum Gasteiger partial charge on any atom is -0.496 e. The minimum atomic E-state index is -1.07. The Labute approximate surface area is 205 Å². The van der Waals surface area contributed by atoms with Crippen LogP contribution in [-0.4, -0.2) is 23.1 Å². The molecule has 0 atom stereocenters. The molecule has 168 valence electrons. The largest absolute Gasteiger partial charge is 0.496 e. The molecule has 0 unspecified atom stereocenters. The van der Waals surface area contributed by atoms with E-state index in [-0.39, 0.29) is 21.6 Å². The quantitative estimate of drug-likeness (QED) is 0.228. The van der Waals surface area contributed by atoms with E-state index in [9.17, 15) is 13.6 Å². The van der Waals surface area contributed by atoms with Crippen LogP contribution in [0.5, 0.6) is 5.75 Å². The van der Waals surface area contributed by atoms with Gasteiger partial charge in [0.1, 0.15) is 11.3 Å². The normalized spacial score (nSPS) is 10.8. The van der Waals surface area contributed by atoms with Crippen molar-refractivity contribution in [2.24, 2.45) is 0 Å². The van der Waals surface area contributed by atoms with Gasteiger partial charge in [-0.3, -0.25) is 10.1 Å². The van der Waals surface area contributed by atoms with Gasteiger partial charge in [-0.05, 0) is 76.7 Å². The molecule has 0 saturated carbocycles. The summed E-state index contributed by atoms with van der Waals surface area (Å²) in [7, 11) is 1.53. The first-order valence-electron chi connectivity index (χ1n) is 9.26. The Balaban J connectivity index is 1.50. The van der Waals surface area contributed by atoms with E-state index in [0.29, 0.717) is 32.6 Å². The average Bonchev–Trinajstić information content (AvgIpc) is 3.19. The minimum absolute atomic E-state index is 0.0343. The highest BCUT2D eigenvalue weighted by Crippen LogP contribution is 2.32. The monoisotopic (exact) mass is 551 g/mol. The van der Waals surface area contributed by atoms with Crippen molar-refractivity contribution in [1.82, 2.24) is 10.3 Å². The molecule has 0 saturated heterocycles. The lowest BCUT2D eigenvalue weighted by Gasteiger charge is -2.10. The van der Waals surface area contributed by atoms with Crippen molar-refractivity contribution in [2.75, 3.05) is 12.4 Å². The maximum Gasteiger partial charge on any atom is 0.257 e. The van der Waals surface area contributed by atoms with Gasteiger partial charge >= 0.3 is 0 Å². The second-order valence-corrected chi connectivity index (χ2v) is 8.38. The fourth-order valence-corrected chi connectivity index (χ4v) is 3.93. The molecule has 0 aliphatic heterocycles. The van der Waals surface area contributed by atoms with E-state index in [2.05, 4.69) is 31.5 Å². The van der Waals surface area contributed by atoms with E-state index in [1.165, 1.54) is 7.11 Å². The van der Waals surface area contributed by atoms with Crippen molar-refractivity contribution in [3.63, 3.8) is 0 Å². The van der Waals surface area contributed by atoms with E-state index >= 15 is 0 Å². The molecule has 0 aliphatic carbocycles. The molecule has 33 heavy (non-hydrogen) atoms. The summed E-state index contributed by atoms with van der Waals surface area (Å²) in [4.78, 5) is 16.7. The number of aromatic nitrogens is 1. The van der Waals surface area contributed by atoms with Crippen molar-refractivity contribution < 1.29 is 22.7 Å². The molecular formula is C22H13BrClF2N3O3S. The number of amides is 1. The average molecular weight is 553 g/mol. The summed E-state index contributed by atoms with van der Waals surface area (Å²) < 4.78 is 38.4. The Morgan fingerprint density at radius 3 is 2.64 bits per heavy atom. The number of thiocarbonyl (C=S) groups is 1. The molecule has 1 heterocycles. The van der Waals surface area contributed by atoms with Crippen LogP contribution in [0.1, 0.15) is 10.4 Å². The lowest BCUT2D eigenvalue weighted by atomic mass is 10.2. The molecule has 0 radical (unpaired) electrons. The number of methoxy groups -OCH3 is 1. The van der Waals surface area contributed by atoms with Crippen LogP contribution in [0.2, 0.25) is 5.02 Å². The Morgan fingerprint density at radius 1 is 1.15 bits per heavy atom. The maximum atomic E-state index is 13.6. The molecule has 0 spiro atoms. The van der Waals surface area contributed by atoms with E-state index in [4.69, 9.17) is 33.0 Å². The molecule has 11 heteroatoms. The predicted octanol–water partition coefficient (Wildman–Crippen LogP) is 6.32. The smallest absolute Gasteiger partial charge is 0.257 e. The van der Waals surface area contributed by atoms with Gasteiger partial charge in [0.2, 0.25) is 5.89 Å². The van der Waals surface area contributed by atoms with Crippen molar-refractivity contribution in [3.05, 3.63) is 75.2 Å². The van der Waals surface area contributed by atoms with Crippen molar-refractivity contribution in [1.29, 1.82) is 0 Å². The van der Waals surface area contributed by atoms with Crippen molar-refractivity contribution in [3.8, 4) is 17.2 Å². The number of rotatable bonds is 4. The van der Waals surface area contributed by atoms with Crippen LogP contribution in [0, 0.1) is 11.6 Å². The predicted molar refractivity (Wildman–Crippen MR) is 129 cm³/mol. The van der Waals surface area contributed by atoms with Crippen LogP contribution in [0.15, 0.2) is 57.4 Å². The molecule has 1 amide bonds. The van der Waals surface area contributed by atoms with E-state index in [1.54, 1.807) is 36.4 Å². The number of benzene rings is 3. The highest BCUT2D eigenvalue weighted by Gasteiger charge is 2.16. The van der Waals surface area contributed by atoms with Crippen LogP contribution in [0.4, 0.5) is 14.5 Å². The van der Waals surface area contributed by atoms with Gasteiger partial charge in [0.05, 0.1) is 22.2 Å². The topological polar surface area (TPSA) is 76.4 Å². The first kappa shape index (κ1) is 23.1. The number of carbonyl (C=O) groups is 1. The molecular weight excluding hydrogens is 540 g/mol. The number of anilines is 1. The lowest BCUT2D eigenvalue weighted by Crippen LogP contribution is -2.34. The Hall–Kier alpha value is -3.08. The van der Waals surface area contributed by atoms with Gasteiger partial charge in [-0.25, -0.2) is 13.8 Å². The SMILES string of the molecule is COc1ccc(C(=O)NC(=S)Nc2ccc3oc(-c4cc(F)c(F)cc4Cl)nc3c2)cc1Br. The van der Waals surface area contributed by atoms with E-state index < -0.39 is 17.5 Å². The molecule has 4 aromatic rings.